The van der Waals surface area contributed by atoms with Gasteiger partial charge in [0.1, 0.15) is 0 Å². The zero-order chi connectivity index (χ0) is 10.1. The minimum Gasteiger partial charge on any atom is -0.309 e. The van der Waals surface area contributed by atoms with Crippen molar-refractivity contribution < 1.29 is 0 Å². The van der Waals surface area contributed by atoms with Gasteiger partial charge in [0.05, 0.1) is 6.04 Å². The van der Waals surface area contributed by atoms with Gasteiger partial charge in [-0.2, -0.15) is 0 Å². The van der Waals surface area contributed by atoms with E-state index in [0.29, 0.717) is 6.04 Å². The molecule has 1 nitrogen and oxygen atoms in total. The van der Waals surface area contributed by atoms with E-state index in [1.807, 2.05) is 18.4 Å². The lowest BCUT2D eigenvalue weighted by Crippen LogP contribution is -2.15. The van der Waals surface area contributed by atoms with Crippen LogP contribution in [0.5, 0.6) is 0 Å². The fourth-order valence-electron chi connectivity index (χ4n) is 1.56. The minimum absolute atomic E-state index is 0.305. The fraction of sp³-hybridized carbons (Fsp3) is 0.273. The van der Waals surface area contributed by atoms with Gasteiger partial charge in [0.15, 0.2) is 0 Å². The van der Waals surface area contributed by atoms with Crippen molar-refractivity contribution in [2.75, 3.05) is 7.05 Å². The lowest BCUT2D eigenvalue weighted by molar-refractivity contribution is 0.692. The maximum atomic E-state index is 4.00. The Balaban J connectivity index is 2.42. The molecule has 1 unspecified atom stereocenters. The number of nitrogens with one attached hydrogen (secondary N) is 1. The molecule has 1 atom stereocenters. The summed E-state index contributed by atoms with van der Waals surface area (Å²) in [5.41, 5.74) is 1.17. The number of hydrogen-bond acceptors (Lipinski definition) is 3. The number of thiophene rings is 2. The number of rotatable bonds is 3. The van der Waals surface area contributed by atoms with Crippen LogP contribution in [0.1, 0.15) is 17.8 Å². The van der Waals surface area contributed by atoms with Gasteiger partial charge in [0.2, 0.25) is 0 Å². The molecule has 2 aromatic heterocycles. The van der Waals surface area contributed by atoms with Crippen molar-refractivity contribution in [1.82, 2.24) is 5.32 Å². The largest absolute Gasteiger partial charge is 0.309 e. The molecular weight excluding hydrogens is 210 g/mol. The fourth-order valence-corrected chi connectivity index (χ4v) is 3.88. The second-order valence-corrected chi connectivity index (χ2v) is 5.43. The van der Waals surface area contributed by atoms with Gasteiger partial charge in [0.25, 0.3) is 0 Å². The van der Waals surface area contributed by atoms with E-state index < -0.39 is 0 Å². The highest BCUT2D eigenvalue weighted by Crippen LogP contribution is 2.35. The second kappa shape index (κ2) is 3.85. The predicted molar refractivity (Wildman–Crippen MR) is 66.3 cm³/mol. The molecule has 0 aliphatic rings. The molecule has 3 heteroatoms. The summed E-state index contributed by atoms with van der Waals surface area (Å²) in [5, 5.41) is 5.42. The predicted octanol–water partition coefficient (Wildman–Crippen LogP) is 3.80. The molecule has 0 spiro atoms. The van der Waals surface area contributed by atoms with Gasteiger partial charge in [-0.3, -0.25) is 0 Å². The van der Waals surface area contributed by atoms with Crippen LogP contribution in [0.4, 0.5) is 0 Å². The number of fused-ring (bicyclic) bond motifs is 1. The Labute approximate surface area is 92.1 Å². The van der Waals surface area contributed by atoms with E-state index in [-0.39, 0.29) is 0 Å². The van der Waals surface area contributed by atoms with Crippen LogP contribution in [0, 0.1) is 0 Å². The van der Waals surface area contributed by atoms with E-state index in [9.17, 15) is 0 Å². The molecule has 2 rings (SSSR count). The molecular formula is C11H13NS2. The summed E-state index contributed by atoms with van der Waals surface area (Å²) < 4.78 is 2.76. The monoisotopic (exact) mass is 223 g/mol. The summed E-state index contributed by atoms with van der Waals surface area (Å²) in [6.07, 6.45) is 0. The molecule has 0 bridgehead atoms. The van der Waals surface area contributed by atoms with Crippen LogP contribution in [-0.4, -0.2) is 7.05 Å². The van der Waals surface area contributed by atoms with Crippen molar-refractivity contribution in [2.24, 2.45) is 0 Å². The molecule has 0 amide bonds. The Morgan fingerprint density at radius 3 is 2.86 bits per heavy atom. The molecule has 0 fully saturated rings. The molecule has 0 saturated heterocycles. The Morgan fingerprint density at radius 2 is 2.29 bits per heavy atom. The van der Waals surface area contributed by atoms with Crippen LogP contribution in [0.2, 0.25) is 0 Å². The van der Waals surface area contributed by atoms with E-state index in [0.717, 1.165) is 0 Å². The van der Waals surface area contributed by atoms with Crippen LogP contribution in [0.3, 0.4) is 0 Å². The topological polar surface area (TPSA) is 12.0 Å². The summed E-state index contributed by atoms with van der Waals surface area (Å²) in [4.78, 5) is 1.36. The third-order valence-corrected chi connectivity index (χ3v) is 4.38. The standard InChI is InChI=1S/C11H13NS2/c1-7(2)11(12-3)10-6-9-8(14-10)4-5-13-9/h4-6,11-12H,1H2,2-3H3. The first-order chi connectivity index (χ1) is 6.72. The Bertz CT molecular complexity index is 424. The van der Waals surface area contributed by atoms with Crippen molar-refractivity contribution in [3.8, 4) is 0 Å². The summed E-state index contributed by atoms with van der Waals surface area (Å²) in [7, 11) is 1.98. The van der Waals surface area contributed by atoms with Crippen LogP contribution in [-0.2, 0) is 0 Å². The highest BCUT2D eigenvalue weighted by Gasteiger charge is 2.13. The normalized spacial score (nSPS) is 13.3. The molecule has 2 heterocycles. The maximum absolute atomic E-state index is 4.00. The van der Waals surface area contributed by atoms with Crippen molar-refractivity contribution >= 4 is 32.1 Å². The van der Waals surface area contributed by atoms with Gasteiger partial charge >= 0.3 is 0 Å². The van der Waals surface area contributed by atoms with Crippen molar-refractivity contribution in [2.45, 2.75) is 13.0 Å². The lowest BCUT2D eigenvalue weighted by Gasteiger charge is -2.13. The van der Waals surface area contributed by atoms with Crippen molar-refractivity contribution in [1.29, 1.82) is 0 Å². The minimum atomic E-state index is 0.305. The molecule has 0 aromatic carbocycles. The molecule has 2 aromatic rings. The van der Waals surface area contributed by atoms with Gasteiger partial charge in [0, 0.05) is 14.3 Å². The molecule has 14 heavy (non-hydrogen) atoms. The first-order valence-corrected chi connectivity index (χ1v) is 6.21. The molecule has 0 saturated carbocycles. The summed E-state index contributed by atoms with van der Waals surface area (Å²) in [6, 6.07) is 4.75. The molecule has 1 N–H and O–H groups in total. The molecule has 0 aliphatic carbocycles. The smallest absolute Gasteiger partial charge is 0.0623 e. The molecule has 74 valence electrons. The highest BCUT2D eigenvalue weighted by molar-refractivity contribution is 7.26. The first kappa shape index (κ1) is 9.90. The quantitative estimate of drug-likeness (QED) is 0.780. The maximum Gasteiger partial charge on any atom is 0.0623 e. The SMILES string of the molecule is C=C(C)C(NC)c1cc2sccc2s1. The average Bonchev–Trinajstić information content (AvgIpc) is 2.63. The van der Waals surface area contributed by atoms with E-state index in [1.165, 1.54) is 19.9 Å². The third-order valence-electron chi connectivity index (χ3n) is 2.22. The molecule has 0 aliphatic heterocycles. The Morgan fingerprint density at radius 1 is 1.50 bits per heavy atom. The van der Waals surface area contributed by atoms with Gasteiger partial charge in [-0.25, -0.2) is 0 Å². The number of hydrogen-bond donors (Lipinski definition) is 1. The second-order valence-electron chi connectivity index (χ2n) is 3.37. The zero-order valence-corrected chi connectivity index (χ0v) is 9.97. The number of likely N-dealkylation sites (N-methyl/N-ethyl adjacent to an activating group) is 1. The Kier molecular flexibility index (Phi) is 2.72. The van der Waals surface area contributed by atoms with Crippen LogP contribution in [0.25, 0.3) is 9.40 Å². The lowest BCUT2D eigenvalue weighted by atomic mass is 10.1. The van der Waals surface area contributed by atoms with Gasteiger partial charge in [-0.1, -0.05) is 12.2 Å². The third kappa shape index (κ3) is 1.63. The van der Waals surface area contributed by atoms with Crippen LogP contribution in [0.15, 0.2) is 29.7 Å². The summed E-state index contributed by atoms with van der Waals surface area (Å²) in [6.45, 7) is 6.07. The van der Waals surface area contributed by atoms with E-state index in [1.54, 1.807) is 11.3 Å². The first-order valence-electron chi connectivity index (χ1n) is 4.52. The summed E-state index contributed by atoms with van der Waals surface area (Å²) in [5.74, 6) is 0. The zero-order valence-electron chi connectivity index (χ0n) is 8.33. The average molecular weight is 223 g/mol. The van der Waals surface area contributed by atoms with Crippen LogP contribution >= 0.6 is 22.7 Å². The summed E-state index contributed by atoms with van der Waals surface area (Å²) >= 11 is 3.65. The van der Waals surface area contributed by atoms with Crippen LogP contribution < -0.4 is 5.32 Å². The van der Waals surface area contributed by atoms with Gasteiger partial charge in [-0.05, 0) is 31.5 Å². The highest BCUT2D eigenvalue weighted by atomic mass is 32.1. The van der Waals surface area contributed by atoms with Gasteiger partial charge in [-0.15, -0.1) is 22.7 Å². The van der Waals surface area contributed by atoms with Gasteiger partial charge < -0.3 is 5.32 Å². The van der Waals surface area contributed by atoms with E-state index in [4.69, 9.17) is 0 Å². The van der Waals surface area contributed by atoms with E-state index in [2.05, 4.69) is 36.3 Å². The van der Waals surface area contributed by atoms with E-state index >= 15 is 0 Å². The molecule has 0 radical (unpaired) electrons. The van der Waals surface area contributed by atoms with Crippen molar-refractivity contribution in [3.05, 3.63) is 34.5 Å². The van der Waals surface area contributed by atoms with Crippen molar-refractivity contribution in [3.63, 3.8) is 0 Å². The Hall–Kier alpha value is -0.640.